The van der Waals surface area contributed by atoms with Gasteiger partial charge in [-0.3, -0.25) is 9.59 Å². The van der Waals surface area contributed by atoms with Crippen LogP contribution in [-0.2, 0) is 19.1 Å². The molecule has 0 aromatic carbocycles. The van der Waals surface area contributed by atoms with Crippen molar-refractivity contribution in [3.63, 3.8) is 0 Å². The van der Waals surface area contributed by atoms with Gasteiger partial charge in [0.05, 0.1) is 25.7 Å². The van der Waals surface area contributed by atoms with Gasteiger partial charge >= 0.3 is 0 Å². The first-order chi connectivity index (χ1) is 11.4. The van der Waals surface area contributed by atoms with E-state index >= 15 is 0 Å². The second kappa shape index (κ2) is 16.7. The van der Waals surface area contributed by atoms with Crippen LogP contribution in [0.3, 0.4) is 0 Å². The molecule has 0 fully saturated rings. The van der Waals surface area contributed by atoms with Crippen molar-refractivity contribution in [2.75, 3.05) is 14.2 Å². The number of carbonyl (C=O) groups excluding carboxylic acids is 2. The lowest BCUT2D eigenvalue weighted by molar-refractivity contribution is -0.105. The smallest absolute Gasteiger partial charge is 0.145 e. The van der Waals surface area contributed by atoms with Crippen molar-refractivity contribution in [3.05, 3.63) is 71.3 Å². The number of rotatable bonds is 8. The normalized spacial score (nSPS) is 13.6. The molecule has 0 heterocycles. The molecule has 0 saturated heterocycles. The minimum Gasteiger partial charge on any atom is -0.501 e. The molecule has 0 radical (unpaired) electrons. The summed E-state index contributed by atoms with van der Waals surface area (Å²) >= 11 is 0. The lowest BCUT2D eigenvalue weighted by atomic mass is 10.3. The average molecular weight is 332 g/mol. The first-order valence-corrected chi connectivity index (χ1v) is 7.43. The summed E-state index contributed by atoms with van der Waals surface area (Å²) in [6, 6.07) is 0. The van der Waals surface area contributed by atoms with Crippen molar-refractivity contribution in [2.24, 2.45) is 0 Å². The molecule has 0 saturated carbocycles. The Morgan fingerprint density at radius 1 is 0.583 bits per heavy atom. The van der Waals surface area contributed by atoms with E-state index in [1.165, 1.54) is 0 Å². The van der Waals surface area contributed by atoms with E-state index in [0.717, 1.165) is 24.1 Å². The number of allylic oxidation sites excluding steroid dienone is 12. The van der Waals surface area contributed by atoms with Gasteiger partial charge in [0, 0.05) is 0 Å². The molecule has 132 valence electrons. The van der Waals surface area contributed by atoms with Gasteiger partial charge in [-0.25, -0.2) is 0 Å². The molecule has 0 aromatic rings. The third-order valence-electron chi connectivity index (χ3n) is 2.62. The molecule has 0 aliphatic heterocycles. The van der Waals surface area contributed by atoms with Crippen LogP contribution in [0.15, 0.2) is 71.3 Å². The van der Waals surface area contributed by atoms with Gasteiger partial charge in [0.15, 0.2) is 0 Å². The maximum atomic E-state index is 10.1. The van der Waals surface area contributed by atoms with Crippen LogP contribution in [0.5, 0.6) is 0 Å². The van der Waals surface area contributed by atoms with Crippen LogP contribution >= 0.6 is 0 Å². The predicted octanol–water partition coefficient (Wildman–Crippen LogP) is 4.48. The second-order valence-corrected chi connectivity index (χ2v) is 4.79. The van der Waals surface area contributed by atoms with Crippen LogP contribution < -0.4 is 0 Å². The number of hydrogen-bond acceptors (Lipinski definition) is 4. The van der Waals surface area contributed by atoms with Gasteiger partial charge in [-0.15, -0.1) is 0 Å². The summed E-state index contributed by atoms with van der Waals surface area (Å²) in [6.45, 7) is 7.23. The Morgan fingerprint density at radius 2 is 0.875 bits per heavy atom. The Hall–Kier alpha value is -2.62. The van der Waals surface area contributed by atoms with Crippen molar-refractivity contribution in [1.82, 2.24) is 0 Å². The number of aldehydes is 2. The summed E-state index contributed by atoms with van der Waals surface area (Å²) in [7, 11) is 3.23. The highest BCUT2D eigenvalue weighted by Gasteiger charge is 1.80. The standard InChI is InChI=1S/2C10H14O2/c2*1-9(8-11)6-4-5-7-10(2)12-3/h2*4-8H,1-3H3/b5-4+,9-6?,10-7?;5-4+,9-6+,10-7+. The van der Waals surface area contributed by atoms with E-state index in [1.54, 1.807) is 52.4 Å². The lowest BCUT2D eigenvalue weighted by Gasteiger charge is -1.93. The van der Waals surface area contributed by atoms with Gasteiger partial charge in [-0.2, -0.15) is 0 Å². The minimum atomic E-state index is 0.703. The zero-order valence-corrected chi connectivity index (χ0v) is 15.4. The summed E-state index contributed by atoms with van der Waals surface area (Å²) in [5.41, 5.74) is 1.41. The molecule has 0 rings (SSSR count). The van der Waals surface area contributed by atoms with Crippen molar-refractivity contribution in [3.8, 4) is 0 Å². The zero-order chi connectivity index (χ0) is 18.8. The van der Waals surface area contributed by atoms with Crippen LogP contribution in [0.1, 0.15) is 27.7 Å². The summed E-state index contributed by atoms with van der Waals surface area (Å²) in [6.07, 6.45) is 16.0. The quantitative estimate of drug-likeness (QED) is 0.285. The minimum absolute atomic E-state index is 0.703. The molecule has 0 aromatic heterocycles. The van der Waals surface area contributed by atoms with E-state index in [1.807, 2.05) is 38.2 Å². The fourth-order valence-corrected chi connectivity index (χ4v) is 1.01. The van der Waals surface area contributed by atoms with E-state index < -0.39 is 0 Å². The highest BCUT2D eigenvalue weighted by atomic mass is 16.5. The monoisotopic (exact) mass is 332 g/mol. The van der Waals surface area contributed by atoms with E-state index in [2.05, 4.69) is 0 Å². The molecule has 0 amide bonds. The van der Waals surface area contributed by atoms with E-state index in [9.17, 15) is 9.59 Å². The first kappa shape index (κ1) is 23.6. The fourth-order valence-electron chi connectivity index (χ4n) is 1.01. The largest absolute Gasteiger partial charge is 0.501 e. The molecule has 0 spiro atoms. The third-order valence-corrected chi connectivity index (χ3v) is 2.62. The third kappa shape index (κ3) is 17.4. The van der Waals surface area contributed by atoms with E-state index in [4.69, 9.17) is 9.47 Å². The van der Waals surface area contributed by atoms with Crippen LogP contribution in [0.2, 0.25) is 0 Å². The topological polar surface area (TPSA) is 52.6 Å². The van der Waals surface area contributed by atoms with Crippen molar-refractivity contribution < 1.29 is 19.1 Å². The second-order valence-electron chi connectivity index (χ2n) is 4.79. The lowest BCUT2D eigenvalue weighted by Crippen LogP contribution is -1.76. The van der Waals surface area contributed by atoms with Gasteiger partial charge in [0.25, 0.3) is 0 Å². The number of hydrogen-bond donors (Lipinski definition) is 0. The number of carbonyl (C=O) groups is 2. The van der Waals surface area contributed by atoms with Gasteiger partial charge in [0.1, 0.15) is 12.6 Å². The molecular formula is C20H28O4. The fraction of sp³-hybridized carbons (Fsp3) is 0.300. The highest BCUT2D eigenvalue weighted by Crippen LogP contribution is 1.94. The maximum absolute atomic E-state index is 10.1. The van der Waals surface area contributed by atoms with Crippen molar-refractivity contribution in [2.45, 2.75) is 27.7 Å². The average Bonchev–Trinajstić information content (AvgIpc) is 2.61. The first-order valence-electron chi connectivity index (χ1n) is 7.43. The SMILES string of the molecule is CO/C(C)=C/C=C/C=C(\C)C=O.COC(C)=C/C=C/C=C(C)C=O. The molecule has 0 unspecified atom stereocenters. The van der Waals surface area contributed by atoms with Crippen molar-refractivity contribution >= 4 is 12.6 Å². The van der Waals surface area contributed by atoms with Gasteiger partial charge in [-0.05, 0) is 51.0 Å². The van der Waals surface area contributed by atoms with Crippen LogP contribution in [0.4, 0.5) is 0 Å². The summed E-state index contributed by atoms with van der Waals surface area (Å²) in [4.78, 5) is 20.3. The Bertz CT molecular complexity index is 494. The van der Waals surface area contributed by atoms with Gasteiger partial charge in [-0.1, -0.05) is 36.5 Å². The Balaban J connectivity index is 0. The number of ether oxygens (including phenoxy) is 2. The molecular weight excluding hydrogens is 304 g/mol. The Morgan fingerprint density at radius 3 is 1.12 bits per heavy atom. The van der Waals surface area contributed by atoms with E-state index in [-0.39, 0.29) is 0 Å². The summed E-state index contributed by atoms with van der Waals surface area (Å²) in [5, 5.41) is 0. The molecule has 4 nitrogen and oxygen atoms in total. The molecule has 24 heavy (non-hydrogen) atoms. The summed E-state index contributed by atoms with van der Waals surface area (Å²) in [5.74, 6) is 1.67. The zero-order valence-electron chi connectivity index (χ0n) is 15.4. The van der Waals surface area contributed by atoms with Crippen LogP contribution in [0.25, 0.3) is 0 Å². The molecule has 0 N–H and O–H groups in total. The molecule has 4 heteroatoms. The number of methoxy groups -OCH3 is 2. The van der Waals surface area contributed by atoms with Crippen LogP contribution in [0, 0.1) is 0 Å². The van der Waals surface area contributed by atoms with Gasteiger partial charge < -0.3 is 9.47 Å². The van der Waals surface area contributed by atoms with Crippen molar-refractivity contribution in [1.29, 1.82) is 0 Å². The molecule has 0 bridgehead atoms. The highest BCUT2D eigenvalue weighted by molar-refractivity contribution is 5.73. The predicted molar refractivity (Wildman–Crippen MR) is 99.5 cm³/mol. The Labute approximate surface area is 145 Å². The van der Waals surface area contributed by atoms with E-state index in [0.29, 0.717) is 11.1 Å². The maximum Gasteiger partial charge on any atom is 0.145 e. The Kier molecular flexibility index (Phi) is 16.5. The van der Waals surface area contributed by atoms with Crippen LogP contribution in [-0.4, -0.2) is 26.8 Å². The molecule has 0 aliphatic carbocycles. The summed E-state index contributed by atoms with van der Waals surface area (Å²) < 4.78 is 9.81. The molecule has 0 aliphatic rings. The van der Waals surface area contributed by atoms with Gasteiger partial charge in [0.2, 0.25) is 0 Å². The molecule has 0 atom stereocenters.